The Bertz CT molecular complexity index is 717. The zero-order valence-electron chi connectivity index (χ0n) is 16.1. The molecule has 140 valence electrons. The van der Waals surface area contributed by atoms with Gasteiger partial charge < -0.3 is 9.64 Å². The van der Waals surface area contributed by atoms with Crippen molar-refractivity contribution in [3.63, 3.8) is 0 Å². The van der Waals surface area contributed by atoms with Crippen molar-refractivity contribution in [3.8, 4) is 17.1 Å². The minimum Gasteiger partial charge on any atom is -0.477 e. The average molecular weight is 418 g/mol. The number of aliphatic imine (C=N–C) groups is 1. The van der Waals surface area contributed by atoms with E-state index in [-0.39, 0.29) is 0 Å². The minimum atomic E-state index is 0.621. The summed E-state index contributed by atoms with van der Waals surface area (Å²) in [6, 6.07) is 12.1. The van der Waals surface area contributed by atoms with E-state index in [9.17, 15) is 0 Å². The van der Waals surface area contributed by atoms with Crippen molar-refractivity contribution in [2.24, 2.45) is 10.9 Å². The Morgan fingerprint density at radius 2 is 2.00 bits per heavy atom. The lowest BCUT2D eigenvalue weighted by Gasteiger charge is -2.13. The summed E-state index contributed by atoms with van der Waals surface area (Å²) in [6.45, 7) is 8.10. The molecule has 1 heterocycles. The van der Waals surface area contributed by atoms with E-state index in [2.05, 4.69) is 41.7 Å². The smallest absolute Gasteiger partial charge is 0.228 e. The first-order valence-electron chi connectivity index (χ1n) is 9.14. The molecule has 2 rings (SSSR count). The second kappa shape index (κ2) is 10.3. The summed E-state index contributed by atoms with van der Waals surface area (Å²) in [5, 5.41) is 0. The molecule has 1 aromatic heterocycles. The summed E-state index contributed by atoms with van der Waals surface area (Å²) < 4.78 is 6.76. The van der Waals surface area contributed by atoms with Crippen LogP contribution in [0.15, 0.2) is 45.9 Å². The number of pyridine rings is 1. The molecule has 0 aliphatic carbocycles. The lowest BCUT2D eigenvalue weighted by molar-refractivity contribution is 0.286. The van der Waals surface area contributed by atoms with Crippen molar-refractivity contribution in [1.82, 2.24) is 9.88 Å². The Morgan fingerprint density at radius 3 is 2.65 bits per heavy atom. The quantitative estimate of drug-likeness (QED) is 0.287. The molecule has 0 fully saturated rings. The summed E-state index contributed by atoms with van der Waals surface area (Å²) in [7, 11) is 2.00. The Hall–Kier alpha value is -1.88. The minimum absolute atomic E-state index is 0.621. The summed E-state index contributed by atoms with van der Waals surface area (Å²) in [4.78, 5) is 11.4. The molecule has 0 N–H and O–H groups in total. The fourth-order valence-electron chi connectivity index (χ4n) is 2.37. The molecule has 0 unspecified atom stereocenters. The molecule has 2 aromatic rings. The standard InChI is InChI=1S/C21H28BrN3O/c1-5-25(4)15-23-19-14-18(22)21(26-13-9-10-16(2)3)24-20(19)17-11-7-6-8-12-17/h6-8,11-12,14-16H,5,9-10,13H2,1-4H3/b23-15+. The van der Waals surface area contributed by atoms with Crippen LogP contribution in [0.5, 0.6) is 5.88 Å². The topological polar surface area (TPSA) is 37.7 Å². The molecule has 26 heavy (non-hydrogen) atoms. The predicted molar refractivity (Wildman–Crippen MR) is 113 cm³/mol. The summed E-state index contributed by atoms with van der Waals surface area (Å²) in [6.07, 6.45) is 4.00. The Labute approximate surface area is 165 Å². The number of ether oxygens (including phenoxy) is 1. The number of nitrogens with zero attached hydrogens (tertiary/aromatic N) is 3. The first-order chi connectivity index (χ1) is 12.5. The van der Waals surface area contributed by atoms with Crippen molar-refractivity contribution in [3.05, 3.63) is 40.9 Å². The first-order valence-corrected chi connectivity index (χ1v) is 9.93. The van der Waals surface area contributed by atoms with E-state index in [0.717, 1.165) is 40.8 Å². The van der Waals surface area contributed by atoms with E-state index in [4.69, 9.17) is 9.72 Å². The highest BCUT2D eigenvalue weighted by atomic mass is 79.9. The normalized spacial score (nSPS) is 11.3. The van der Waals surface area contributed by atoms with Crippen molar-refractivity contribution in [2.45, 2.75) is 33.6 Å². The molecule has 0 spiro atoms. The van der Waals surface area contributed by atoms with Crippen molar-refractivity contribution < 1.29 is 4.74 Å². The Balaban J connectivity index is 2.30. The van der Waals surface area contributed by atoms with Crippen LogP contribution in [0.1, 0.15) is 33.6 Å². The second-order valence-corrected chi connectivity index (χ2v) is 7.57. The van der Waals surface area contributed by atoms with E-state index < -0.39 is 0 Å². The molecule has 0 saturated heterocycles. The Kier molecular flexibility index (Phi) is 8.10. The van der Waals surface area contributed by atoms with E-state index >= 15 is 0 Å². The van der Waals surface area contributed by atoms with Crippen LogP contribution < -0.4 is 4.74 Å². The van der Waals surface area contributed by atoms with Gasteiger partial charge >= 0.3 is 0 Å². The lowest BCUT2D eigenvalue weighted by Crippen LogP contribution is -2.14. The van der Waals surface area contributed by atoms with Crippen LogP contribution in [0.4, 0.5) is 5.69 Å². The summed E-state index contributed by atoms with van der Waals surface area (Å²) >= 11 is 3.58. The molecular weight excluding hydrogens is 390 g/mol. The number of rotatable bonds is 9. The second-order valence-electron chi connectivity index (χ2n) is 6.71. The van der Waals surface area contributed by atoms with Crippen molar-refractivity contribution in [1.29, 1.82) is 0 Å². The van der Waals surface area contributed by atoms with Gasteiger partial charge in [-0.15, -0.1) is 0 Å². The van der Waals surface area contributed by atoms with E-state index in [1.807, 2.05) is 54.7 Å². The van der Waals surface area contributed by atoms with Gasteiger partial charge in [0, 0.05) is 19.2 Å². The number of hydrogen-bond acceptors (Lipinski definition) is 3. The Morgan fingerprint density at radius 1 is 1.27 bits per heavy atom. The first kappa shape index (κ1) is 20.4. The molecule has 0 aliphatic rings. The third kappa shape index (κ3) is 6.13. The largest absolute Gasteiger partial charge is 0.477 e. The molecule has 4 nitrogen and oxygen atoms in total. The SMILES string of the molecule is CCN(C)/C=N/c1cc(Br)c(OCCCC(C)C)nc1-c1ccccc1. The van der Waals surface area contributed by atoms with E-state index in [1.54, 1.807) is 0 Å². The molecule has 0 radical (unpaired) electrons. The number of hydrogen-bond donors (Lipinski definition) is 0. The van der Waals surface area contributed by atoms with Crippen LogP contribution in [0.2, 0.25) is 0 Å². The molecule has 5 heteroatoms. The maximum absolute atomic E-state index is 5.93. The van der Waals surface area contributed by atoms with Gasteiger partial charge in [0.1, 0.15) is 5.69 Å². The molecular formula is C21H28BrN3O. The van der Waals surface area contributed by atoms with Gasteiger partial charge in [0.15, 0.2) is 0 Å². The molecule has 1 aromatic carbocycles. The third-order valence-corrected chi connectivity index (χ3v) is 4.60. The van der Waals surface area contributed by atoms with Crippen LogP contribution in [0.3, 0.4) is 0 Å². The summed E-state index contributed by atoms with van der Waals surface area (Å²) in [5.74, 6) is 1.30. The molecule has 0 bridgehead atoms. The fourth-order valence-corrected chi connectivity index (χ4v) is 2.79. The molecule has 0 atom stereocenters. The van der Waals surface area contributed by atoms with Gasteiger partial charge in [0.05, 0.1) is 23.1 Å². The van der Waals surface area contributed by atoms with E-state index in [0.29, 0.717) is 18.4 Å². The van der Waals surface area contributed by atoms with Gasteiger partial charge in [0.25, 0.3) is 0 Å². The van der Waals surface area contributed by atoms with Crippen molar-refractivity contribution in [2.75, 3.05) is 20.2 Å². The zero-order valence-corrected chi connectivity index (χ0v) is 17.7. The summed E-state index contributed by atoms with van der Waals surface area (Å²) in [5.41, 5.74) is 2.67. The lowest BCUT2D eigenvalue weighted by atomic mass is 10.1. The van der Waals surface area contributed by atoms with Gasteiger partial charge in [0.2, 0.25) is 5.88 Å². The van der Waals surface area contributed by atoms with E-state index in [1.165, 1.54) is 0 Å². The highest BCUT2D eigenvalue weighted by molar-refractivity contribution is 9.10. The maximum atomic E-state index is 5.93. The van der Waals surface area contributed by atoms with Crippen LogP contribution in [-0.4, -0.2) is 36.4 Å². The number of benzene rings is 1. The van der Waals surface area contributed by atoms with Gasteiger partial charge in [-0.1, -0.05) is 44.2 Å². The van der Waals surface area contributed by atoms with Gasteiger partial charge in [-0.2, -0.15) is 0 Å². The maximum Gasteiger partial charge on any atom is 0.228 e. The monoisotopic (exact) mass is 417 g/mol. The van der Waals surface area contributed by atoms with Crippen molar-refractivity contribution >= 4 is 28.0 Å². The van der Waals surface area contributed by atoms with Gasteiger partial charge in [-0.05, 0) is 47.7 Å². The molecule has 0 aliphatic heterocycles. The average Bonchev–Trinajstić information content (AvgIpc) is 2.64. The highest BCUT2D eigenvalue weighted by Gasteiger charge is 2.13. The van der Waals surface area contributed by atoms with Crippen LogP contribution in [-0.2, 0) is 0 Å². The van der Waals surface area contributed by atoms with Crippen LogP contribution in [0, 0.1) is 5.92 Å². The third-order valence-electron chi connectivity index (χ3n) is 4.03. The fraction of sp³-hybridized carbons (Fsp3) is 0.429. The molecule has 0 saturated carbocycles. The highest BCUT2D eigenvalue weighted by Crippen LogP contribution is 2.35. The number of halogens is 1. The number of aromatic nitrogens is 1. The van der Waals surface area contributed by atoms with Crippen LogP contribution >= 0.6 is 15.9 Å². The van der Waals surface area contributed by atoms with Gasteiger partial charge in [-0.3, -0.25) is 0 Å². The van der Waals surface area contributed by atoms with Gasteiger partial charge in [-0.25, -0.2) is 9.98 Å². The zero-order chi connectivity index (χ0) is 18.9. The van der Waals surface area contributed by atoms with Crippen LogP contribution in [0.25, 0.3) is 11.3 Å². The predicted octanol–water partition coefficient (Wildman–Crippen LogP) is 5.94. The molecule has 0 amide bonds.